The SMILES string of the molecule is [2H]C1C2CCC(CCC=C)CC2CC([2H])([2H])C1c1ccc(C#N)cc1. The highest BCUT2D eigenvalue weighted by Crippen LogP contribution is 2.48. The lowest BCUT2D eigenvalue weighted by atomic mass is 9.63. The summed E-state index contributed by atoms with van der Waals surface area (Å²) in [6.07, 6.45) is 6.22. The lowest BCUT2D eigenvalue weighted by molar-refractivity contribution is 0.115. The fourth-order valence-corrected chi connectivity index (χ4v) is 4.08. The molecule has 116 valence electrons. The van der Waals surface area contributed by atoms with Crippen LogP contribution in [0.1, 0.15) is 72.5 Å². The number of hydrogen-bond acceptors (Lipinski definition) is 1. The summed E-state index contributed by atoms with van der Waals surface area (Å²) in [4.78, 5) is 0. The molecule has 0 heterocycles. The molecule has 5 unspecified atom stereocenters. The third kappa shape index (κ3) is 3.43. The summed E-state index contributed by atoms with van der Waals surface area (Å²) in [6.45, 7) is 3.81. The second-order valence-corrected chi connectivity index (χ2v) is 6.78. The molecule has 1 aromatic carbocycles. The molecule has 0 radical (unpaired) electrons. The second-order valence-electron chi connectivity index (χ2n) is 6.78. The summed E-state index contributed by atoms with van der Waals surface area (Å²) >= 11 is 0. The average molecular weight is 296 g/mol. The van der Waals surface area contributed by atoms with Crippen molar-refractivity contribution in [1.82, 2.24) is 0 Å². The zero-order chi connectivity index (χ0) is 18.0. The van der Waals surface area contributed by atoms with Gasteiger partial charge in [0.15, 0.2) is 0 Å². The fraction of sp³-hybridized carbons (Fsp3) is 0.571. The maximum absolute atomic E-state index is 8.97. The zero-order valence-corrected chi connectivity index (χ0v) is 13.2. The third-order valence-corrected chi connectivity index (χ3v) is 5.37. The lowest BCUT2D eigenvalue weighted by Crippen LogP contribution is -2.30. The number of fused-ring (bicyclic) bond motifs is 1. The molecule has 0 spiro atoms. The lowest BCUT2D eigenvalue weighted by Gasteiger charge is -2.42. The monoisotopic (exact) mass is 296 g/mol. The molecule has 1 heteroatoms. The minimum absolute atomic E-state index is 0.296. The van der Waals surface area contributed by atoms with Crippen LogP contribution in [-0.4, -0.2) is 0 Å². The highest BCUT2D eigenvalue weighted by atomic mass is 14.4. The summed E-state index contributed by atoms with van der Waals surface area (Å²) in [5.41, 5.74) is 1.46. The van der Waals surface area contributed by atoms with E-state index in [1.165, 1.54) is 0 Å². The Morgan fingerprint density at radius 1 is 1.23 bits per heavy atom. The highest BCUT2D eigenvalue weighted by Gasteiger charge is 2.35. The van der Waals surface area contributed by atoms with Crippen LogP contribution in [0.4, 0.5) is 0 Å². The summed E-state index contributed by atoms with van der Waals surface area (Å²) < 4.78 is 26.1. The van der Waals surface area contributed by atoms with Crippen molar-refractivity contribution < 1.29 is 4.11 Å². The van der Waals surface area contributed by atoms with Crippen molar-refractivity contribution in [3.63, 3.8) is 0 Å². The number of nitriles is 1. The van der Waals surface area contributed by atoms with E-state index >= 15 is 0 Å². The van der Waals surface area contributed by atoms with E-state index in [2.05, 4.69) is 12.6 Å². The van der Waals surface area contributed by atoms with Crippen LogP contribution < -0.4 is 0 Å². The van der Waals surface area contributed by atoms with Crippen molar-refractivity contribution in [2.24, 2.45) is 17.8 Å². The van der Waals surface area contributed by atoms with Gasteiger partial charge in [0.25, 0.3) is 0 Å². The average Bonchev–Trinajstić information content (AvgIpc) is 2.59. The molecule has 1 aromatic rings. The number of benzene rings is 1. The molecule has 1 nitrogen and oxygen atoms in total. The molecule has 0 aliphatic heterocycles. The molecule has 0 amide bonds. The molecule has 2 aliphatic rings. The molecular formula is C21H27N. The standard InChI is InChI=1S/C21H27N/c1-2-3-4-16-5-10-21-14-20(12-11-19(21)13-16)18-8-6-17(15-22)7-9-18/h2,6-9,16,19-21H,1,3-5,10-14H2/i12D2,14D. The van der Waals surface area contributed by atoms with Gasteiger partial charge in [-0.1, -0.05) is 24.6 Å². The van der Waals surface area contributed by atoms with E-state index in [1.807, 2.05) is 18.2 Å². The zero-order valence-electron chi connectivity index (χ0n) is 16.2. The van der Waals surface area contributed by atoms with Gasteiger partial charge >= 0.3 is 0 Å². The van der Waals surface area contributed by atoms with Crippen molar-refractivity contribution in [3.8, 4) is 6.07 Å². The van der Waals surface area contributed by atoms with Crippen LogP contribution in [0.25, 0.3) is 0 Å². The maximum atomic E-state index is 8.97. The first-order chi connectivity index (χ1) is 12.0. The van der Waals surface area contributed by atoms with Gasteiger partial charge in [0, 0.05) is 4.11 Å². The van der Waals surface area contributed by atoms with Crippen LogP contribution in [0.3, 0.4) is 0 Å². The predicted molar refractivity (Wildman–Crippen MR) is 91.5 cm³/mol. The minimum Gasteiger partial charge on any atom is -0.192 e. The molecule has 22 heavy (non-hydrogen) atoms. The highest BCUT2D eigenvalue weighted by molar-refractivity contribution is 5.33. The van der Waals surface area contributed by atoms with Gasteiger partial charge in [0.2, 0.25) is 0 Å². The molecule has 0 bridgehead atoms. The molecule has 2 aliphatic carbocycles. The van der Waals surface area contributed by atoms with E-state index in [0.29, 0.717) is 29.7 Å². The molecular weight excluding hydrogens is 266 g/mol. The molecule has 0 aromatic heterocycles. The summed E-state index contributed by atoms with van der Waals surface area (Å²) in [7, 11) is 0. The first kappa shape index (κ1) is 11.9. The maximum Gasteiger partial charge on any atom is 0.0991 e. The Hall–Kier alpha value is -1.55. The Labute approximate surface area is 139 Å². The smallest absolute Gasteiger partial charge is 0.0991 e. The Bertz CT molecular complexity index is 646. The Balaban J connectivity index is 1.79. The van der Waals surface area contributed by atoms with Crippen molar-refractivity contribution in [1.29, 1.82) is 5.26 Å². The van der Waals surface area contributed by atoms with E-state index < -0.39 is 18.7 Å². The molecule has 3 rings (SSSR count). The van der Waals surface area contributed by atoms with Crippen LogP contribution in [0.2, 0.25) is 0 Å². The molecule has 2 saturated carbocycles. The Morgan fingerprint density at radius 2 is 2.05 bits per heavy atom. The molecule has 5 atom stereocenters. The van der Waals surface area contributed by atoms with Gasteiger partial charge in [-0.05, 0) is 86.2 Å². The van der Waals surface area contributed by atoms with Crippen LogP contribution in [0, 0.1) is 29.1 Å². The number of allylic oxidation sites excluding steroid dienone is 1. The summed E-state index contributed by atoms with van der Waals surface area (Å²) in [5, 5.41) is 8.97. The van der Waals surface area contributed by atoms with Gasteiger partial charge in [0.05, 0.1) is 11.6 Å². The largest absolute Gasteiger partial charge is 0.192 e. The summed E-state index contributed by atoms with van der Waals surface area (Å²) in [6, 6.07) is 9.29. The molecule has 0 saturated heterocycles. The van der Waals surface area contributed by atoms with Crippen LogP contribution in [0.15, 0.2) is 36.9 Å². The van der Waals surface area contributed by atoms with E-state index in [4.69, 9.17) is 9.37 Å². The Kier molecular flexibility index (Phi) is 3.88. The second kappa shape index (κ2) is 7.14. The van der Waals surface area contributed by atoms with Gasteiger partial charge in [-0.2, -0.15) is 5.26 Å². The predicted octanol–water partition coefficient (Wildman–Crippen LogP) is 5.82. The Morgan fingerprint density at radius 3 is 2.77 bits per heavy atom. The number of rotatable bonds is 4. The minimum atomic E-state index is -1.36. The van der Waals surface area contributed by atoms with E-state index in [1.54, 1.807) is 12.1 Å². The van der Waals surface area contributed by atoms with Crippen LogP contribution in [-0.2, 0) is 0 Å². The van der Waals surface area contributed by atoms with Crippen molar-refractivity contribution >= 4 is 0 Å². The van der Waals surface area contributed by atoms with Gasteiger partial charge < -0.3 is 0 Å². The van der Waals surface area contributed by atoms with Crippen molar-refractivity contribution in [3.05, 3.63) is 48.0 Å². The molecule has 2 fully saturated rings. The van der Waals surface area contributed by atoms with Gasteiger partial charge in [-0.3, -0.25) is 0 Å². The summed E-state index contributed by atoms with van der Waals surface area (Å²) in [5.74, 6) is 0.889. The van der Waals surface area contributed by atoms with Gasteiger partial charge in [-0.15, -0.1) is 6.58 Å². The van der Waals surface area contributed by atoms with Gasteiger partial charge in [-0.25, -0.2) is 0 Å². The first-order valence-electron chi connectivity index (χ1n) is 10.1. The van der Waals surface area contributed by atoms with Crippen LogP contribution in [0.5, 0.6) is 0 Å². The fourth-order valence-electron chi connectivity index (χ4n) is 4.08. The van der Waals surface area contributed by atoms with Crippen molar-refractivity contribution in [2.45, 2.75) is 57.2 Å². The van der Waals surface area contributed by atoms with Crippen molar-refractivity contribution in [2.75, 3.05) is 0 Å². The first-order valence-corrected chi connectivity index (χ1v) is 8.49. The van der Waals surface area contributed by atoms with Gasteiger partial charge in [0.1, 0.15) is 0 Å². The van der Waals surface area contributed by atoms with Crippen LogP contribution >= 0.6 is 0 Å². The number of nitrogens with zero attached hydrogens (tertiary/aromatic N) is 1. The topological polar surface area (TPSA) is 23.8 Å². The number of hydrogen-bond donors (Lipinski definition) is 0. The third-order valence-electron chi connectivity index (χ3n) is 5.37. The quantitative estimate of drug-likeness (QED) is 0.642. The van der Waals surface area contributed by atoms with E-state index in [9.17, 15) is 0 Å². The normalized spacial score (nSPS) is 38.7. The van der Waals surface area contributed by atoms with E-state index in [0.717, 1.165) is 37.7 Å². The molecule has 0 N–H and O–H groups in total. The van der Waals surface area contributed by atoms with E-state index in [-0.39, 0.29) is 0 Å².